The Kier molecular flexibility index (Phi) is 4.19. The third-order valence-corrected chi connectivity index (χ3v) is 3.71. The van der Waals surface area contributed by atoms with E-state index in [1.165, 1.54) is 30.0 Å². The van der Waals surface area contributed by atoms with Crippen molar-refractivity contribution in [3.05, 3.63) is 30.1 Å². The Bertz CT molecular complexity index is 467. The minimum Gasteiger partial charge on any atom is -0.354 e. The van der Waals surface area contributed by atoms with Crippen LogP contribution in [0.5, 0.6) is 0 Å². The van der Waals surface area contributed by atoms with E-state index >= 15 is 0 Å². The van der Waals surface area contributed by atoms with E-state index in [1.54, 1.807) is 6.07 Å². The van der Waals surface area contributed by atoms with E-state index < -0.39 is 5.82 Å². The Labute approximate surface area is 108 Å². The van der Waals surface area contributed by atoms with Crippen LogP contribution in [0.3, 0.4) is 0 Å². The van der Waals surface area contributed by atoms with E-state index in [9.17, 15) is 14.0 Å². The summed E-state index contributed by atoms with van der Waals surface area (Å²) in [5, 5.41) is 4.93. The Morgan fingerprint density at radius 2 is 2.39 bits per heavy atom. The van der Waals surface area contributed by atoms with Gasteiger partial charge in [-0.15, -0.1) is 11.8 Å². The molecule has 1 aromatic carbocycles. The molecule has 2 rings (SSSR count). The first-order valence-electron chi connectivity index (χ1n) is 5.60. The second-order valence-electron chi connectivity index (χ2n) is 3.91. The average molecular weight is 268 g/mol. The molecule has 1 fully saturated rings. The van der Waals surface area contributed by atoms with Crippen molar-refractivity contribution < 1.29 is 14.0 Å². The number of carbonyl (C=O) groups is 2. The molecule has 6 heteroatoms. The number of nitrogens with one attached hydrogen (secondary N) is 2. The molecule has 0 saturated carbocycles. The largest absolute Gasteiger partial charge is 0.354 e. The molecule has 18 heavy (non-hydrogen) atoms. The van der Waals surface area contributed by atoms with Crippen molar-refractivity contribution in [1.82, 2.24) is 5.32 Å². The summed E-state index contributed by atoms with van der Waals surface area (Å²) in [6.45, 7) is 0.644. The summed E-state index contributed by atoms with van der Waals surface area (Å²) in [7, 11) is 0. The molecule has 1 heterocycles. The third-order valence-electron chi connectivity index (χ3n) is 2.49. The molecule has 0 spiro atoms. The van der Waals surface area contributed by atoms with Gasteiger partial charge in [0.25, 0.3) is 0 Å². The number of hydrogen-bond acceptors (Lipinski definition) is 3. The fraction of sp³-hybridized carbons (Fsp3) is 0.333. The van der Waals surface area contributed by atoms with Crippen molar-refractivity contribution in [2.75, 3.05) is 17.6 Å². The molecule has 1 saturated heterocycles. The zero-order valence-electron chi connectivity index (χ0n) is 9.61. The van der Waals surface area contributed by atoms with Crippen LogP contribution in [0.15, 0.2) is 24.3 Å². The van der Waals surface area contributed by atoms with Crippen LogP contribution in [0, 0.1) is 5.82 Å². The van der Waals surface area contributed by atoms with Gasteiger partial charge in [0.15, 0.2) is 0 Å². The quantitative estimate of drug-likeness (QED) is 0.871. The molecule has 1 aliphatic rings. The van der Waals surface area contributed by atoms with Crippen molar-refractivity contribution in [2.24, 2.45) is 0 Å². The van der Waals surface area contributed by atoms with E-state index in [2.05, 4.69) is 10.6 Å². The zero-order valence-corrected chi connectivity index (χ0v) is 10.4. The van der Waals surface area contributed by atoms with Crippen LogP contribution in [-0.4, -0.2) is 29.4 Å². The number of benzene rings is 1. The van der Waals surface area contributed by atoms with Crippen molar-refractivity contribution in [3.63, 3.8) is 0 Å². The number of amides is 2. The van der Waals surface area contributed by atoms with Gasteiger partial charge >= 0.3 is 0 Å². The van der Waals surface area contributed by atoms with Gasteiger partial charge in [-0.25, -0.2) is 4.39 Å². The first-order chi connectivity index (χ1) is 8.65. The number of carbonyl (C=O) groups excluding carboxylic acids is 2. The molecule has 96 valence electrons. The third kappa shape index (κ3) is 3.46. The maximum atomic E-state index is 12.9. The van der Waals surface area contributed by atoms with Crippen molar-refractivity contribution in [2.45, 2.75) is 11.7 Å². The maximum Gasteiger partial charge on any atom is 0.233 e. The second-order valence-corrected chi connectivity index (χ2v) is 5.22. The van der Waals surface area contributed by atoms with E-state index in [0.29, 0.717) is 12.2 Å². The summed E-state index contributed by atoms with van der Waals surface area (Å²) in [6, 6.07) is 5.67. The molecule has 2 amide bonds. The average Bonchev–Trinajstić information content (AvgIpc) is 2.32. The minimum atomic E-state index is -0.405. The van der Waals surface area contributed by atoms with E-state index in [0.717, 1.165) is 5.75 Å². The highest BCUT2D eigenvalue weighted by Gasteiger charge is 2.25. The van der Waals surface area contributed by atoms with Gasteiger partial charge < -0.3 is 10.6 Å². The summed E-state index contributed by atoms with van der Waals surface area (Å²) in [5.74, 6) is 0.0114. The lowest BCUT2D eigenvalue weighted by atomic mass is 10.2. The Morgan fingerprint density at radius 1 is 1.56 bits per heavy atom. The van der Waals surface area contributed by atoms with Crippen LogP contribution in [0.2, 0.25) is 0 Å². The smallest absolute Gasteiger partial charge is 0.233 e. The molecule has 0 radical (unpaired) electrons. The van der Waals surface area contributed by atoms with Crippen molar-refractivity contribution in [3.8, 4) is 0 Å². The predicted molar refractivity (Wildman–Crippen MR) is 68.9 cm³/mol. The van der Waals surface area contributed by atoms with Gasteiger partial charge in [0.05, 0.1) is 5.25 Å². The van der Waals surface area contributed by atoms with Gasteiger partial charge in [0, 0.05) is 24.4 Å². The van der Waals surface area contributed by atoms with Crippen LogP contribution < -0.4 is 10.6 Å². The van der Waals surface area contributed by atoms with Crippen LogP contribution in [0.4, 0.5) is 10.1 Å². The lowest BCUT2D eigenvalue weighted by Gasteiger charge is -2.20. The normalized spacial score (nSPS) is 19.2. The number of halogens is 1. The molecule has 1 aliphatic heterocycles. The fourth-order valence-electron chi connectivity index (χ4n) is 1.66. The van der Waals surface area contributed by atoms with Crippen LogP contribution >= 0.6 is 11.8 Å². The number of rotatable bonds is 3. The first kappa shape index (κ1) is 12.9. The maximum absolute atomic E-state index is 12.9. The summed E-state index contributed by atoms with van der Waals surface area (Å²) >= 11 is 1.47. The molecule has 0 bridgehead atoms. The molecule has 0 aromatic heterocycles. The highest BCUT2D eigenvalue weighted by atomic mass is 32.2. The molecule has 0 unspecified atom stereocenters. The molecule has 1 atom stereocenters. The zero-order chi connectivity index (χ0) is 13.0. The van der Waals surface area contributed by atoms with Crippen LogP contribution in [-0.2, 0) is 9.59 Å². The van der Waals surface area contributed by atoms with Gasteiger partial charge in [-0.2, -0.15) is 0 Å². The lowest BCUT2D eigenvalue weighted by Crippen LogP contribution is -2.40. The van der Waals surface area contributed by atoms with Gasteiger partial charge in [0.2, 0.25) is 11.8 Å². The van der Waals surface area contributed by atoms with Gasteiger partial charge in [-0.3, -0.25) is 9.59 Å². The van der Waals surface area contributed by atoms with Crippen LogP contribution in [0.25, 0.3) is 0 Å². The highest BCUT2D eigenvalue weighted by Crippen LogP contribution is 2.19. The summed E-state index contributed by atoms with van der Waals surface area (Å²) in [5.41, 5.74) is 0.404. The lowest BCUT2D eigenvalue weighted by molar-refractivity contribution is -0.123. The van der Waals surface area contributed by atoms with E-state index in [4.69, 9.17) is 0 Å². The molecular weight excluding hydrogens is 255 g/mol. The topological polar surface area (TPSA) is 58.2 Å². The number of thioether (sulfide) groups is 1. The molecular formula is C12H13FN2O2S. The second kappa shape index (κ2) is 5.86. The highest BCUT2D eigenvalue weighted by molar-refractivity contribution is 8.00. The van der Waals surface area contributed by atoms with Gasteiger partial charge in [-0.1, -0.05) is 6.07 Å². The summed E-state index contributed by atoms with van der Waals surface area (Å²) < 4.78 is 12.9. The van der Waals surface area contributed by atoms with Crippen molar-refractivity contribution in [1.29, 1.82) is 0 Å². The number of anilines is 1. The van der Waals surface area contributed by atoms with E-state index in [1.807, 2.05) is 0 Å². The molecule has 0 aliphatic carbocycles. The molecule has 2 N–H and O–H groups in total. The Hall–Kier alpha value is -1.56. The standard InChI is InChI=1S/C12H13FN2O2S/c13-8-2-1-3-9(6-8)15-11(16)7-10-12(17)14-4-5-18-10/h1-3,6,10H,4-5,7H2,(H,14,17)(H,15,16)/t10-/m1/s1. The van der Waals surface area contributed by atoms with Crippen LogP contribution in [0.1, 0.15) is 6.42 Å². The van der Waals surface area contributed by atoms with E-state index in [-0.39, 0.29) is 23.5 Å². The Balaban J connectivity index is 1.90. The van der Waals surface area contributed by atoms with Gasteiger partial charge in [-0.05, 0) is 18.2 Å². The summed E-state index contributed by atoms with van der Waals surface area (Å²) in [4.78, 5) is 23.2. The fourth-order valence-corrected chi connectivity index (χ4v) is 2.67. The summed E-state index contributed by atoms with van der Waals surface area (Å²) in [6.07, 6.45) is 0.104. The predicted octanol–water partition coefficient (Wildman–Crippen LogP) is 1.39. The monoisotopic (exact) mass is 268 g/mol. The Morgan fingerprint density at radius 3 is 3.11 bits per heavy atom. The first-order valence-corrected chi connectivity index (χ1v) is 6.65. The molecule has 4 nitrogen and oxygen atoms in total. The van der Waals surface area contributed by atoms with Crippen molar-refractivity contribution >= 4 is 29.3 Å². The van der Waals surface area contributed by atoms with Gasteiger partial charge in [0.1, 0.15) is 5.82 Å². The number of hydrogen-bond donors (Lipinski definition) is 2. The SMILES string of the molecule is O=C(C[C@H]1SCCNC1=O)Nc1cccc(F)c1. The molecule has 1 aromatic rings. The minimum absolute atomic E-state index is 0.104.